The Morgan fingerprint density at radius 3 is 2.51 bits per heavy atom. The fourth-order valence-corrected chi connectivity index (χ4v) is 6.30. The second-order valence-corrected chi connectivity index (χ2v) is 11.9. The van der Waals surface area contributed by atoms with Crippen molar-refractivity contribution in [2.75, 3.05) is 26.9 Å². The summed E-state index contributed by atoms with van der Waals surface area (Å²) in [5.41, 5.74) is 2.67. The maximum absolute atomic E-state index is 12.7. The Balaban J connectivity index is 1.56. The van der Waals surface area contributed by atoms with E-state index in [0.29, 0.717) is 65.0 Å². The molecule has 1 heterocycles. The summed E-state index contributed by atoms with van der Waals surface area (Å²) < 4.78 is 45.0. The monoisotopic (exact) mass is 614 g/mol. The summed E-state index contributed by atoms with van der Waals surface area (Å²) in [7, 11) is -2.13. The van der Waals surface area contributed by atoms with E-state index in [1.807, 2.05) is 19.1 Å². The van der Waals surface area contributed by atoms with Crippen molar-refractivity contribution in [1.82, 2.24) is 10.0 Å². The van der Waals surface area contributed by atoms with Crippen molar-refractivity contribution in [1.29, 1.82) is 10.8 Å². The molecule has 0 radical (unpaired) electrons. The molecule has 0 unspecified atom stereocenters. The minimum absolute atomic E-state index is 0.0917. The topological polar surface area (TPSA) is 134 Å². The highest BCUT2D eigenvalue weighted by Crippen LogP contribution is 2.48. The van der Waals surface area contributed by atoms with E-state index in [1.54, 1.807) is 31.4 Å². The number of sulfonamides is 1. The molecule has 0 aromatic heterocycles. The van der Waals surface area contributed by atoms with Gasteiger partial charge in [-0.05, 0) is 79.3 Å². The Bertz CT molecular complexity index is 1730. The number of hydrogen-bond donors (Lipinski definition) is 4. The first-order valence-electron chi connectivity index (χ1n) is 12.9. The molecule has 214 valence electrons. The van der Waals surface area contributed by atoms with Crippen molar-refractivity contribution in [3.05, 3.63) is 81.0 Å². The highest BCUT2D eigenvalue weighted by Gasteiger charge is 2.31. The third-order valence-corrected chi connectivity index (χ3v) is 9.00. The Morgan fingerprint density at radius 1 is 1.07 bits per heavy atom. The molecule has 3 aromatic rings. The fraction of sp³-hybridized carbons (Fsp3) is 0.241. The fourth-order valence-electron chi connectivity index (χ4n) is 4.84. The molecule has 0 fully saturated rings. The van der Waals surface area contributed by atoms with Gasteiger partial charge in [-0.25, -0.2) is 13.1 Å². The smallest absolute Gasteiger partial charge is 0.240 e. The molecule has 0 spiro atoms. The third kappa shape index (κ3) is 5.71. The third-order valence-electron chi connectivity index (χ3n) is 6.76. The van der Waals surface area contributed by atoms with E-state index < -0.39 is 10.0 Å². The minimum atomic E-state index is -3.71. The summed E-state index contributed by atoms with van der Waals surface area (Å²) in [6.07, 6.45) is 4.92. The van der Waals surface area contributed by atoms with Gasteiger partial charge in [0.2, 0.25) is 10.0 Å². The van der Waals surface area contributed by atoms with Crippen molar-refractivity contribution in [2.24, 2.45) is 0 Å². The Hall–Kier alpha value is -3.41. The van der Waals surface area contributed by atoms with E-state index in [1.165, 1.54) is 12.1 Å². The Labute approximate surface area is 248 Å². The quantitative estimate of drug-likeness (QED) is 0.190. The van der Waals surface area contributed by atoms with E-state index in [4.69, 9.17) is 48.2 Å². The highest BCUT2D eigenvalue weighted by molar-refractivity contribution is 7.89. The average molecular weight is 616 g/mol. The molecule has 4 N–H and O–H groups in total. The van der Waals surface area contributed by atoms with E-state index in [2.05, 4.69) is 10.0 Å². The van der Waals surface area contributed by atoms with Gasteiger partial charge in [-0.3, -0.25) is 10.8 Å². The van der Waals surface area contributed by atoms with Crippen LogP contribution >= 0.6 is 23.2 Å². The largest absolute Gasteiger partial charge is 0.497 e. The summed E-state index contributed by atoms with van der Waals surface area (Å²) >= 11 is 13.3. The first kappa shape index (κ1) is 29.1. The summed E-state index contributed by atoms with van der Waals surface area (Å²) in [5.74, 6) is 1.49. The molecule has 1 aliphatic carbocycles. The summed E-state index contributed by atoms with van der Waals surface area (Å²) in [6.45, 7) is 3.20. The Morgan fingerprint density at radius 2 is 1.83 bits per heavy atom. The van der Waals surface area contributed by atoms with Crippen LogP contribution in [0.4, 0.5) is 0 Å². The maximum atomic E-state index is 12.7. The van der Waals surface area contributed by atoms with Gasteiger partial charge in [0.1, 0.15) is 28.2 Å². The van der Waals surface area contributed by atoms with Crippen LogP contribution in [-0.4, -0.2) is 47.0 Å². The lowest BCUT2D eigenvalue weighted by molar-refractivity contribution is 0.146. The molecular formula is C29H28Cl2N4O5S. The van der Waals surface area contributed by atoms with Gasteiger partial charge >= 0.3 is 0 Å². The van der Waals surface area contributed by atoms with Crippen LogP contribution in [0.1, 0.15) is 36.5 Å². The van der Waals surface area contributed by atoms with Gasteiger partial charge in [-0.1, -0.05) is 23.2 Å². The van der Waals surface area contributed by atoms with E-state index in [9.17, 15) is 8.42 Å². The van der Waals surface area contributed by atoms with E-state index in [0.717, 1.165) is 5.57 Å². The summed E-state index contributed by atoms with van der Waals surface area (Å²) in [6, 6.07) is 9.49. The number of rotatable bonds is 11. The van der Waals surface area contributed by atoms with Crippen LogP contribution in [0.25, 0.3) is 16.3 Å². The Kier molecular flexibility index (Phi) is 8.40. The van der Waals surface area contributed by atoms with Gasteiger partial charge in [-0.15, -0.1) is 0 Å². The second-order valence-electron chi connectivity index (χ2n) is 9.35. The molecule has 5 rings (SSSR count). The zero-order chi connectivity index (χ0) is 29.3. The van der Waals surface area contributed by atoms with Crippen LogP contribution in [0.2, 0.25) is 10.0 Å². The normalized spacial score (nSPS) is 14.6. The zero-order valence-corrected chi connectivity index (χ0v) is 24.7. The lowest BCUT2D eigenvalue weighted by Crippen LogP contribution is -2.25. The number of nitrogens with one attached hydrogen (secondary N) is 4. The predicted octanol–water partition coefficient (Wildman–Crippen LogP) is 6.22. The van der Waals surface area contributed by atoms with E-state index in [-0.39, 0.29) is 38.9 Å². The molecule has 12 heteroatoms. The molecule has 3 aromatic carbocycles. The van der Waals surface area contributed by atoms with Crippen LogP contribution in [0.5, 0.6) is 11.5 Å². The SMILES string of the molecule is CCOCCCNS(=O)(=O)c1ccc(Oc2c(Cl)c(Cl)cc3cc4c(c(C5=CC(OC)=CC5)c23)C(=N)NC4=N)cc1. The number of allylic oxidation sites excluding steroid dienone is 3. The van der Waals surface area contributed by atoms with Gasteiger partial charge in [0.25, 0.3) is 0 Å². The van der Waals surface area contributed by atoms with Crippen molar-refractivity contribution in [2.45, 2.75) is 24.7 Å². The van der Waals surface area contributed by atoms with Crippen LogP contribution in [-0.2, 0) is 19.5 Å². The molecule has 0 bridgehead atoms. The predicted molar refractivity (Wildman–Crippen MR) is 161 cm³/mol. The van der Waals surface area contributed by atoms with E-state index >= 15 is 0 Å². The highest BCUT2D eigenvalue weighted by atomic mass is 35.5. The van der Waals surface area contributed by atoms with Crippen LogP contribution in [0, 0.1) is 10.8 Å². The van der Waals surface area contributed by atoms with Crippen molar-refractivity contribution >= 4 is 61.2 Å². The molecular weight excluding hydrogens is 587 g/mol. The molecule has 1 aliphatic heterocycles. The zero-order valence-electron chi connectivity index (χ0n) is 22.4. The molecule has 0 atom stereocenters. The minimum Gasteiger partial charge on any atom is -0.497 e. The first-order valence-corrected chi connectivity index (χ1v) is 15.1. The van der Waals surface area contributed by atoms with Crippen molar-refractivity contribution in [3.63, 3.8) is 0 Å². The molecule has 9 nitrogen and oxygen atoms in total. The van der Waals surface area contributed by atoms with Crippen LogP contribution < -0.4 is 14.8 Å². The van der Waals surface area contributed by atoms with Crippen molar-refractivity contribution < 1.29 is 22.6 Å². The molecule has 0 saturated heterocycles. The number of halogens is 2. The molecule has 2 aliphatic rings. The van der Waals surface area contributed by atoms with Crippen LogP contribution in [0.3, 0.4) is 0 Å². The van der Waals surface area contributed by atoms with Crippen molar-refractivity contribution in [3.8, 4) is 11.5 Å². The number of benzene rings is 3. The molecule has 41 heavy (non-hydrogen) atoms. The number of amidine groups is 2. The average Bonchev–Trinajstić information content (AvgIpc) is 3.54. The summed E-state index contributed by atoms with van der Waals surface area (Å²) in [5, 5.41) is 21.5. The lowest BCUT2D eigenvalue weighted by atomic mass is 9.89. The van der Waals surface area contributed by atoms with Gasteiger partial charge in [-0.2, -0.15) is 0 Å². The van der Waals surface area contributed by atoms with Gasteiger partial charge < -0.3 is 19.5 Å². The molecule has 0 amide bonds. The van der Waals surface area contributed by atoms with Gasteiger partial charge in [0.05, 0.1) is 17.0 Å². The lowest BCUT2D eigenvalue weighted by Gasteiger charge is -2.19. The maximum Gasteiger partial charge on any atom is 0.240 e. The number of methoxy groups -OCH3 is 1. The second kappa shape index (κ2) is 11.8. The first-order chi connectivity index (χ1) is 19.6. The van der Waals surface area contributed by atoms with Gasteiger partial charge in [0, 0.05) is 41.8 Å². The standard InChI is InChI=1S/C29H28Cl2N4O5S/c1-3-39-12-4-11-34-41(36,37)20-9-7-18(8-10-20)40-27-24-17(15-22(30)26(27)31)14-21-25(29(33)35-28(21)32)23(24)16-5-6-19(13-16)38-2/h6-10,13-15,34H,3-5,11-12H2,1-2H3,(H3,32,33,35). The summed E-state index contributed by atoms with van der Waals surface area (Å²) in [4.78, 5) is 0.0918. The number of fused-ring (bicyclic) bond motifs is 2. The van der Waals surface area contributed by atoms with Crippen LogP contribution in [0.15, 0.2) is 59.2 Å². The number of hydrogen-bond acceptors (Lipinski definition) is 7. The number of ether oxygens (including phenoxy) is 3. The molecule has 0 saturated carbocycles. The van der Waals surface area contributed by atoms with Gasteiger partial charge in [0.15, 0.2) is 5.75 Å².